The molecule has 0 aliphatic carbocycles. The van der Waals surface area contributed by atoms with Gasteiger partial charge in [-0.05, 0) is 86.3 Å². The third-order valence-corrected chi connectivity index (χ3v) is 11.1. The van der Waals surface area contributed by atoms with Gasteiger partial charge in [-0.25, -0.2) is 0 Å². The van der Waals surface area contributed by atoms with Gasteiger partial charge in [-0.2, -0.15) is 0 Å². The van der Waals surface area contributed by atoms with Crippen molar-refractivity contribution >= 4 is 87.4 Å². The van der Waals surface area contributed by atoms with E-state index >= 15 is 0 Å². The quantitative estimate of drug-likeness (QED) is 0.175. The molecule has 246 valence electrons. The van der Waals surface area contributed by atoms with Gasteiger partial charge in [0, 0.05) is 43.4 Å². The maximum absolute atomic E-state index is 6.94. The Balaban J connectivity index is 1.18. The van der Waals surface area contributed by atoms with Gasteiger partial charge in [0.15, 0.2) is 0 Å². The van der Waals surface area contributed by atoms with Crippen LogP contribution in [0, 0.1) is 0 Å². The third-order valence-electron chi connectivity index (χ3n) is 11.1. The number of hydrogen-bond acceptors (Lipinski definition) is 3. The number of para-hydroxylation sites is 3. The topological polar surface area (TPSA) is 39.4 Å². The van der Waals surface area contributed by atoms with Gasteiger partial charge in [-0.3, -0.25) is 0 Å². The molecule has 0 aliphatic rings. The zero-order valence-corrected chi connectivity index (χ0v) is 28.4. The highest BCUT2D eigenvalue weighted by atomic mass is 16.3. The monoisotopic (exact) mass is 676 g/mol. The van der Waals surface area contributed by atoms with Crippen molar-refractivity contribution in [3.8, 4) is 33.4 Å². The Labute approximate surface area is 302 Å². The lowest BCUT2D eigenvalue weighted by Crippen LogP contribution is -1.92. The fourth-order valence-electron chi connectivity index (χ4n) is 8.86. The van der Waals surface area contributed by atoms with E-state index in [2.05, 4.69) is 140 Å². The number of hydrogen-bond donors (Lipinski definition) is 0. The second-order valence-corrected chi connectivity index (χ2v) is 13.9. The second kappa shape index (κ2) is 10.7. The smallest absolute Gasteiger partial charge is 0.143 e. The number of fused-ring (bicyclic) bond motifs is 11. The van der Waals surface area contributed by atoms with Crippen molar-refractivity contribution in [2.24, 2.45) is 0 Å². The molecule has 3 heterocycles. The average Bonchev–Trinajstić information content (AvgIpc) is 3.91. The molecule has 0 radical (unpaired) electrons. The first-order valence-corrected chi connectivity index (χ1v) is 18.0. The van der Waals surface area contributed by atoms with Crippen LogP contribution in [0.25, 0.3) is 121 Å². The molecule has 0 aliphatic heterocycles. The molecular weight excluding hydrogens is 649 g/mol. The van der Waals surface area contributed by atoms with E-state index in [1.54, 1.807) is 0 Å². The molecule has 3 aromatic heterocycles. The zero-order valence-electron chi connectivity index (χ0n) is 28.4. The Bertz CT molecular complexity index is 3410. The highest BCUT2D eigenvalue weighted by Crippen LogP contribution is 2.50. The van der Waals surface area contributed by atoms with E-state index in [1.807, 2.05) is 30.3 Å². The molecule has 0 saturated heterocycles. The lowest BCUT2D eigenvalue weighted by atomic mass is 9.84. The first-order valence-electron chi connectivity index (χ1n) is 18.0. The molecular formula is C50H28O3. The number of rotatable bonds is 3. The van der Waals surface area contributed by atoms with Crippen molar-refractivity contribution < 1.29 is 13.3 Å². The summed E-state index contributed by atoms with van der Waals surface area (Å²) in [6.07, 6.45) is 0. The molecule has 0 bridgehead atoms. The van der Waals surface area contributed by atoms with Crippen molar-refractivity contribution in [2.75, 3.05) is 0 Å². The van der Waals surface area contributed by atoms with Gasteiger partial charge in [-0.1, -0.05) is 127 Å². The van der Waals surface area contributed by atoms with Gasteiger partial charge in [0.1, 0.15) is 33.5 Å². The van der Waals surface area contributed by atoms with E-state index in [4.69, 9.17) is 13.3 Å². The van der Waals surface area contributed by atoms with E-state index in [-0.39, 0.29) is 0 Å². The van der Waals surface area contributed by atoms with Crippen LogP contribution in [0.3, 0.4) is 0 Å². The fourth-order valence-corrected chi connectivity index (χ4v) is 8.86. The van der Waals surface area contributed by atoms with Crippen LogP contribution < -0.4 is 0 Å². The Morgan fingerprint density at radius 2 is 0.736 bits per heavy atom. The lowest BCUT2D eigenvalue weighted by Gasteiger charge is -2.18. The van der Waals surface area contributed by atoms with Crippen LogP contribution in [-0.2, 0) is 0 Å². The van der Waals surface area contributed by atoms with E-state index < -0.39 is 0 Å². The largest absolute Gasteiger partial charge is 0.456 e. The highest BCUT2D eigenvalue weighted by molar-refractivity contribution is 6.27. The highest BCUT2D eigenvalue weighted by Gasteiger charge is 2.24. The van der Waals surface area contributed by atoms with Gasteiger partial charge in [0.2, 0.25) is 0 Å². The molecule has 0 atom stereocenters. The predicted molar refractivity (Wildman–Crippen MR) is 220 cm³/mol. The molecule has 0 N–H and O–H groups in total. The first kappa shape index (κ1) is 28.6. The lowest BCUT2D eigenvalue weighted by molar-refractivity contribution is 0.668. The van der Waals surface area contributed by atoms with Crippen LogP contribution >= 0.6 is 0 Å². The average molecular weight is 677 g/mol. The molecule has 0 amide bonds. The van der Waals surface area contributed by atoms with Gasteiger partial charge in [0.05, 0.1) is 0 Å². The minimum absolute atomic E-state index is 0.866. The van der Waals surface area contributed by atoms with Crippen molar-refractivity contribution in [1.82, 2.24) is 0 Å². The molecule has 3 heteroatoms. The van der Waals surface area contributed by atoms with Gasteiger partial charge >= 0.3 is 0 Å². The van der Waals surface area contributed by atoms with Crippen LogP contribution in [0.1, 0.15) is 0 Å². The van der Waals surface area contributed by atoms with Crippen molar-refractivity contribution in [1.29, 1.82) is 0 Å². The maximum Gasteiger partial charge on any atom is 0.143 e. The molecule has 0 unspecified atom stereocenters. The SMILES string of the molecule is c1ccc2c(c1)oc1cc(-c3c4ccccc4c(-c4ccc(-c5cccc6oc7ccccc7c56)c5c4oc4ccccc45)c4ccccc34)ccc12. The molecule has 53 heavy (non-hydrogen) atoms. The van der Waals surface area contributed by atoms with E-state index in [0.717, 1.165) is 93.6 Å². The predicted octanol–water partition coefficient (Wildman–Crippen LogP) is 14.7. The number of furan rings is 3. The van der Waals surface area contributed by atoms with E-state index in [0.29, 0.717) is 0 Å². The minimum Gasteiger partial charge on any atom is -0.456 e. The summed E-state index contributed by atoms with van der Waals surface area (Å²) in [7, 11) is 0. The summed E-state index contributed by atoms with van der Waals surface area (Å²) in [5.74, 6) is 0. The summed E-state index contributed by atoms with van der Waals surface area (Å²) in [5.41, 5.74) is 12.1. The van der Waals surface area contributed by atoms with Crippen molar-refractivity contribution in [2.45, 2.75) is 0 Å². The van der Waals surface area contributed by atoms with Crippen LogP contribution in [0.15, 0.2) is 183 Å². The van der Waals surface area contributed by atoms with Crippen LogP contribution in [0.2, 0.25) is 0 Å². The Morgan fingerprint density at radius 3 is 1.43 bits per heavy atom. The summed E-state index contributed by atoms with van der Waals surface area (Å²) < 4.78 is 19.7. The zero-order chi connectivity index (χ0) is 34.6. The molecule has 0 spiro atoms. The van der Waals surface area contributed by atoms with E-state index in [9.17, 15) is 0 Å². The number of benzene rings is 9. The van der Waals surface area contributed by atoms with Gasteiger partial charge in [0.25, 0.3) is 0 Å². The summed E-state index contributed by atoms with van der Waals surface area (Å²) in [4.78, 5) is 0. The summed E-state index contributed by atoms with van der Waals surface area (Å²) in [6, 6.07) is 60.0. The van der Waals surface area contributed by atoms with Gasteiger partial charge < -0.3 is 13.3 Å². The third kappa shape index (κ3) is 3.99. The molecule has 0 saturated carbocycles. The molecule has 3 nitrogen and oxygen atoms in total. The van der Waals surface area contributed by atoms with E-state index in [1.165, 1.54) is 27.1 Å². The summed E-state index contributed by atoms with van der Waals surface area (Å²) in [6.45, 7) is 0. The molecule has 9 aromatic carbocycles. The standard InChI is InChI=1S/C50H28O3/c1-3-15-34-32(13-1)46(29-24-25-31-30-12-5-8-20-41(30)52-45(31)28-29)33-14-2-4-16-35(33)47(34)40-27-26-37(49-39-18-7-10-22-43(39)53-50(40)49)36-19-11-23-44-48(36)38-17-6-9-21-42(38)51-44/h1-28H. The maximum atomic E-state index is 6.94. The Hall–Kier alpha value is -7.10. The normalized spacial score (nSPS) is 12.2. The molecule has 12 rings (SSSR count). The minimum atomic E-state index is 0.866. The molecule has 12 aromatic rings. The fraction of sp³-hybridized carbons (Fsp3) is 0. The summed E-state index contributed by atoms with van der Waals surface area (Å²) in [5, 5.41) is 11.4. The van der Waals surface area contributed by atoms with Crippen molar-refractivity contribution in [3.63, 3.8) is 0 Å². The first-order chi connectivity index (χ1) is 26.3. The van der Waals surface area contributed by atoms with Gasteiger partial charge in [-0.15, -0.1) is 0 Å². The van der Waals surface area contributed by atoms with Crippen LogP contribution in [0.5, 0.6) is 0 Å². The Morgan fingerprint density at radius 1 is 0.264 bits per heavy atom. The Kier molecular flexibility index (Phi) is 5.77. The van der Waals surface area contributed by atoms with Crippen LogP contribution in [0.4, 0.5) is 0 Å². The second-order valence-electron chi connectivity index (χ2n) is 13.9. The van der Waals surface area contributed by atoms with Crippen molar-refractivity contribution in [3.05, 3.63) is 170 Å². The van der Waals surface area contributed by atoms with Crippen LogP contribution in [-0.4, -0.2) is 0 Å². The molecule has 0 fully saturated rings. The summed E-state index contributed by atoms with van der Waals surface area (Å²) >= 11 is 0.